The highest BCUT2D eigenvalue weighted by molar-refractivity contribution is 5.84. The normalized spacial score (nSPS) is 16.9. The van der Waals surface area contributed by atoms with E-state index in [9.17, 15) is 9.59 Å². The maximum Gasteiger partial charge on any atom is 0.347 e. The molecule has 0 bridgehead atoms. The van der Waals surface area contributed by atoms with E-state index in [4.69, 9.17) is 9.47 Å². The number of rotatable bonds is 6. The third-order valence-electron chi connectivity index (χ3n) is 3.95. The number of carbonyl (C=O) groups is 2. The Kier molecular flexibility index (Phi) is 5.52. The van der Waals surface area contributed by atoms with E-state index in [1.165, 1.54) is 5.56 Å². The fourth-order valence-electron chi connectivity index (χ4n) is 2.16. The summed E-state index contributed by atoms with van der Waals surface area (Å²) in [6, 6.07) is 7.90. The van der Waals surface area contributed by atoms with Gasteiger partial charge in [0.2, 0.25) is 0 Å². The summed E-state index contributed by atoms with van der Waals surface area (Å²) in [6.07, 6.45) is 0.404. The lowest BCUT2D eigenvalue weighted by Gasteiger charge is -2.20. The number of ether oxygens (including phenoxy) is 2. The number of amides is 1. The maximum absolute atomic E-state index is 12.1. The molecule has 5 nitrogen and oxygen atoms in total. The number of hydrogen-bond donors (Lipinski definition) is 1. The Hall–Kier alpha value is -2.04. The Balaban J connectivity index is 1.85. The fourth-order valence-corrected chi connectivity index (χ4v) is 2.16. The molecule has 1 N–H and O–H groups in total. The van der Waals surface area contributed by atoms with Crippen molar-refractivity contribution in [2.75, 3.05) is 0 Å². The summed E-state index contributed by atoms with van der Waals surface area (Å²) in [5.41, 5.74) is 1.25. The van der Waals surface area contributed by atoms with Crippen molar-refractivity contribution in [3.8, 4) is 5.75 Å². The maximum atomic E-state index is 12.1. The average molecular weight is 333 g/mol. The van der Waals surface area contributed by atoms with Crippen LogP contribution in [0.1, 0.15) is 53.0 Å². The average Bonchev–Trinajstić information content (AvgIpc) is 3.30. The predicted octanol–water partition coefficient (Wildman–Crippen LogP) is 2.96. The molecule has 0 spiro atoms. The van der Waals surface area contributed by atoms with Gasteiger partial charge in [-0.05, 0) is 49.8 Å². The fraction of sp³-hybridized carbons (Fsp3) is 0.579. The van der Waals surface area contributed by atoms with Crippen molar-refractivity contribution >= 4 is 11.9 Å². The number of nitrogens with one attached hydrogen (secondary N) is 1. The highest BCUT2D eigenvalue weighted by Crippen LogP contribution is 2.24. The lowest BCUT2D eigenvalue weighted by molar-refractivity contribution is -0.160. The molecule has 1 saturated carbocycles. The van der Waals surface area contributed by atoms with Crippen LogP contribution in [0.3, 0.4) is 0 Å². The second-order valence-electron chi connectivity index (χ2n) is 7.40. The van der Waals surface area contributed by atoms with E-state index < -0.39 is 18.2 Å². The number of carbonyl (C=O) groups excluding carboxylic acids is 2. The van der Waals surface area contributed by atoms with Crippen LogP contribution >= 0.6 is 0 Å². The van der Waals surface area contributed by atoms with Gasteiger partial charge in [-0.25, -0.2) is 4.79 Å². The Labute approximate surface area is 143 Å². The molecule has 1 fully saturated rings. The molecule has 0 unspecified atom stereocenters. The van der Waals surface area contributed by atoms with Crippen molar-refractivity contribution in [3.63, 3.8) is 0 Å². The van der Waals surface area contributed by atoms with Gasteiger partial charge in [0.1, 0.15) is 5.75 Å². The second-order valence-corrected chi connectivity index (χ2v) is 7.40. The highest BCUT2D eigenvalue weighted by Gasteiger charge is 2.28. The minimum Gasteiger partial charge on any atom is -0.479 e. The molecule has 0 radical (unpaired) electrons. The Morgan fingerprint density at radius 1 is 1.08 bits per heavy atom. The van der Waals surface area contributed by atoms with Crippen molar-refractivity contribution in [3.05, 3.63) is 29.8 Å². The lowest BCUT2D eigenvalue weighted by atomic mass is 9.87. The predicted molar refractivity (Wildman–Crippen MR) is 92.0 cm³/mol. The zero-order valence-electron chi connectivity index (χ0n) is 15.1. The highest BCUT2D eigenvalue weighted by atomic mass is 16.6. The van der Waals surface area contributed by atoms with Gasteiger partial charge in [-0.3, -0.25) is 4.79 Å². The van der Waals surface area contributed by atoms with Gasteiger partial charge < -0.3 is 14.8 Å². The van der Waals surface area contributed by atoms with Gasteiger partial charge >= 0.3 is 5.97 Å². The van der Waals surface area contributed by atoms with Gasteiger partial charge in [0.25, 0.3) is 5.91 Å². The molecule has 0 aliphatic heterocycles. The first kappa shape index (κ1) is 18.3. The minimum atomic E-state index is -0.813. The van der Waals surface area contributed by atoms with Gasteiger partial charge in [0.05, 0.1) is 0 Å². The summed E-state index contributed by atoms with van der Waals surface area (Å²) in [4.78, 5) is 23.9. The van der Waals surface area contributed by atoms with Crippen LogP contribution in [0, 0.1) is 0 Å². The van der Waals surface area contributed by atoms with Crippen molar-refractivity contribution < 1.29 is 19.1 Å². The molecule has 1 amide bonds. The number of benzene rings is 1. The van der Waals surface area contributed by atoms with E-state index in [0.29, 0.717) is 5.75 Å². The van der Waals surface area contributed by atoms with Crippen LogP contribution in [0.4, 0.5) is 0 Å². The second kappa shape index (κ2) is 7.24. The Morgan fingerprint density at radius 2 is 1.67 bits per heavy atom. The Bertz CT molecular complexity index is 584. The van der Waals surface area contributed by atoms with Crippen LogP contribution < -0.4 is 10.1 Å². The summed E-state index contributed by atoms with van der Waals surface area (Å²) in [5, 5.41) is 2.81. The molecule has 2 rings (SSSR count). The van der Waals surface area contributed by atoms with Gasteiger partial charge in [0, 0.05) is 6.04 Å². The molecule has 1 aliphatic rings. The van der Waals surface area contributed by atoms with Crippen LogP contribution in [0.25, 0.3) is 0 Å². The largest absolute Gasteiger partial charge is 0.479 e. The van der Waals surface area contributed by atoms with Crippen molar-refractivity contribution in [2.24, 2.45) is 0 Å². The van der Waals surface area contributed by atoms with Crippen LogP contribution in [0.5, 0.6) is 5.75 Å². The van der Waals surface area contributed by atoms with Gasteiger partial charge in [-0.1, -0.05) is 32.9 Å². The third kappa shape index (κ3) is 5.25. The standard InChI is InChI=1S/C19H27NO4/c1-12(17(21)20-15-8-9-15)24-18(22)13(2)23-16-10-6-14(7-11-16)19(3,4)5/h6-7,10-13,15H,8-9H2,1-5H3,(H,20,21)/t12-,13-/m1/s1. The SMILES string of the molecule is C[C@@H](OC(=O)[C@@H](C)Oc1ccc(C(C)(C)C)cc1)C(=O)NC1CC1. The van der Waals surface area contributed by atoms with E-state index in [0.717, 1.165) is 12.8 Å². The molecule has 1 aromatic rings. The van der Waals surface area contributed by atoms with Crippen LogP contribution in [0.2, 0.25) is 0 Å². The Morgan fingerprint density at radius 3 is 2.17 bits per heavy atom. The van der Waals surface area contributed by atoms with Gasteiger partial charge in [-0.2, -0.15) is 0 Å². The number of hydrogen-bond acceptors (Lipinski definition) is 4. The molecule has 0 aromatic heterocycles. The lowest BCUT2D eigenvalue weighted by Crippen LogP contribution is -2.39. The smallest absolute Gasteiger partial charge is 0.347 e. The van der Waals surface area contributed by atoms with Crippen molar-refractivity contribution in [1.29, 1.82) is 0 Å². The van der Waals surface area contributed by atoms with E-state index in [1.807, 2.05) is 24.3 Å². The first-order valence-electron chi connectivity index (χ1n) is 8.45. The third-order valence-corrected chi connectivity index (χ3v) is 3.95. The van der Waals surface area contributed by atoms with Crippen LogP contribution in [-0.2, 0) is 19.7 Å². The van der Waals surface area contributed by atoms with Crippen LogP contribution in [-0.4, -0.2) is 30.1 Å². The topological polar surface area (TPSA) is 64.6 Å². The molecular weight excluding hydrogens is 306 g/mol. The summed E-state index contributed by atoms with van der Waals surface area (Å²) in [5.74, 6) is -0.205. The number of esters is 1. The van der Waals surface area contributed by atoms with Gasteiger partial charge in [0.15, 0.2) is 12.2 Å². The first-order valence-corrected chi connectivity index (χ1v) is 8.45. The zero-order chi connectivity index (χ0) is 17.9. The van der Waals surface area contributed by atoms with Gasteiger partial charge in [-0.15, -0.1) is 0 Å². The van der Waals surface area contributed by atoms with Crippen molar-refractivity contribution in [2.45, 2.75) is 71.1 Å². The molecule has 5 heteroatoms. The molecule has 132 valence electrons. The van der Waals surface area contributed by atoms with E-state index in [1.54, 1.807) is 13.8 Å². The molecule has 0 heterocycles. The van der Waals surface area contributed by atoms with Crippen molar-refractivity contribution in [1.82, 2.24) is 5.32 Å². The summed E-state index contributed by atoms with van der Waals surface area (Å²) >= 11 is 0. The molecule has 1 aliphatic carbocycles. The molecule has 0 saturated heterocycles. The molecular formula is C19H27NO4. The van der Waals surface area contributed by atoms with Crippen LogP contribution in [0.15, 0.2) is 24.3 Å². The summed E-state index contributed by atoms with van der Waals surface area (Å²) in [6.45, 7) is 9.59. The van der Waals surface area contributed by atoms with E-state index in [2.05, 4.69) is 26.1 Å². The molecule has 24 heavy (non-hydrogen) atoms. The monoisotopic (exact) mass is 333 g/mol. The van der Waals surface area contributed by atoms with E-state index >= 15 is 0 Å². The quantitative estimate of drug-likeness (QED) is 0.813. The molecule has 1 aromatic carbocycles. The molecule has 2 atom stereocenters. The first-order chi connectivity index (χ1) is 11.2. The zero-order valence-corrected chi connectivity index (χ0v) is 15.1. The summed E-state index contributed by atoms with van der Waals surface area (Å²) in [7, 11) is 0. The summed E-state index contributed by atoms with van der Waals surface area (Å²) < 4.78 is 10.8. The minimum absolute atomic E-state index is 0.0629. The van der Waals surface area contributed by atoms with E-state index in [-0.39, 0.29) is 17.4 Å².